The molecule has 2 N–H and O–H groups in total. The molecule has 1 aromatic carbocycles. The van der Waals surface area contributed by atoms with Crippen LogP contribution in [-0.4, -0.2) is 31.0 Å². The molecular weight excluding hydrogens is 352 g/mol. The average molecular weight is 377 g/mol. The van der Waals surface area contributed by atoms with Crippen LogP contribution >= 0.6 is 0 Å². The highest BCUT2D eigenvalue weighted by atomic mass is 19.1. The summed E-state index contributed by atoms with van der Waals surface area (Å²) in [5, 5.41) is 5.72. The Bertz CT molecular complexity index is 728. The first-order valence-electron chi connectivity index (χ1n) is 9.09. The van der Waals surface area contributed by atoms with Crippen LogP contribution in [0.5, 0.6) is 11.6 Å². The zero-order valence-corrected chi connectivity index (χ0v) is 15.6. The molecule has 0 unspecified atom stereocenters. The van der Waals surface area contributed by atoms with Gasteiger partial charge in [-0.3, -0.25) is 4.79 Å². The second-order valence-corrected chi connectivity index (χ2v) is 6.16. The highest BCUT2D eigenvalue weighted by molar-refractivity contribution is 5.93. The van der Waals surface area contributed by atoms with Gasteiger partial charge in [-0.2, -0.15) is 0 Å². The summed E-state index contributed by atoms with van der Waals surface area (Å²) in [5.74, 6) is -2.37. The van der Waals surface area contributed by atoms with Crippen molar-refractivity contribution < 1.29 is 18.3 Å². The Labute approximate surface area is 158 Å². The molecule has 1 amide bonds. The van der Waals surface area contributed by atoms with Crippen molar-refractivity contribution in [2.75, 3.05) is 20.1 Å². The molecule has 0 radical (unpaired) electrons. The van der Waals surface area contributed by atoms with E-state index in [1.165, 1.54) is 43.9 Å². The third kappa shape index (κ3) is 6.29. The highest BCUT2D eigenvalue weighted by Crippen LogP contribution is 2.27. The Morgan fingerprint density at radius 2 is 1.89 bits per heavy atom. The predicted molar refractivity (Wildman–Crippen MR) is 100 cm³/mol. The van der Waals surface area contributed by atoms with E-state index in [0.717, 1.165) is 19.4 Å². The fourth-order valence-corrected chi connectivity index (χ4v) is 2.54. The van der Waals surface area contributed by atoms with Crippen molar-refractivity contribution in [3.63, 3.8) is 0 Å². The molecule has 146 valence electrons. The van der Waals surface area contributed by atoms with Gasteiger partial charge in [-0.25, -0.2) is 13.8 Å². The van der Waals surface area contributed by atoms with Gasteiger partial charge in [0.25, 0.3) is 5.91 Å². The molecule has 0 atom stereocenters. The van der Waals surface area contributed by atoms with E-state index in [-0.39, 0.29) is 11.8 Å². The Kier molecular flexibility index (Phi) is 8.13. The van der Waals surface area contributed by atoms with Gasteiger partial charge in [0.2, 0.25) is 11.6 Å². The number of ether oxygens (including phenoxy) is 1. The smallest absolute Gasteiger partial charge is 0.252 e. The summed E-state index contributed by atoms with van der Waals surface area (Å²) >= 11 is 0. The molecule has 7 heteroatoms. The summed E-state index contributed by atoms with van der Waals surface area (Å²) in [4.78, 5) is 15.4. The molecule has 0 saturated heterocycles. The van der Waals surface area contributed by atoms with E-state index < -0.39 is 17.4 Å². The van der Waals surface area contributed by atoms with Gasteiger partial charge in [-0.1, -0.05) is 19.8 Å². The molecule has 27 heavy (non-hydrogen) atoms. The number of rotatable bonds is 10. The van der Waals surface area contributed by atoms with Crippen molar-refractivity contribution in [2.45, 2.75) is 32.6 Å². The van der Waals surface area contributed by atoms with Crippen LogP contribution < -0.4 is 15.4 Å². The molecule has 0 bridgehead atoms. The Hall–Kier alpha value is -2.54. The van der Waals surface area contributed by atoms with Crippen molar-refractivity contribution in [3.8, 4) is 11.6 Å². The number of halogens is 2. The number of unbranched alkanes of at least 4 members (excludes halogenated alkanes) is 2. The molecule has 0 saturated carbocycles. The van der Waals surface area contributed by atoms with Gasteiger partial charge in [-0.05, 0) is 49.7 Å². The number of nitrogens with one attached hydrogen (secondary N) is 2. The minimum atomic E-state index is -0.784. The van der Waals surface area contributed by atoms with E-state index in [2.05, 4.69) is 22.5 Å². The van der Waals surface area contributed by atoms with Crippen LogP contribution in [0.15, 0.2) is 30.5 Å². The van der Waals surface area contributed by atoms with Crippen molar-refractivity contribution in [2.24, 2.45) is 0 Å². The van der Waals surface area contributed by atoms with Crippen LogP contribution in [0.4, 0.5) is 8.78 Å². The van der Waals surface area contributed by atoms with Gasteiger partial charge < -0.3 is 15.4 Å². The molecule has 1 heterocycles. The van der Waals surface area contributed by atoms with E-state index in [9.17, 15) is 13.6 Å². The van der Waals surface area contributed by atoms with Crippen molar-refractivity contribution in [1.29, 1.82) is 0 Å². The molecule has 0 aliphatic rings. The first kappa shape index (κ1) is 20.8. The first-order valence-corrected chi connectivity index (χ1v) is 9.09. The van der Waals surface area contributed by atoms with Gasteiger partial charge >= 0.3 is 0 Å². The molecule has 0 aliphatic carbocycles. The third-order valence-corrected chi connectivity index (χ3v) is 4.04. The largest absolute Gasteiger partial charge is 0.433 e. The van der Waals surface area contributed by atoms with Crippen LogP contribution in [0.3, 0.4) is 0 Å². The van der Waals surface area contributed by atoms with E-state index in [1.807, 2.05) is 0 Å². The van der Waals surface area contributed by atoms with Crippen molar-refractivity contribution in [3.05, 3.63) is 53.2 Å². The number of carbonyl (C=O) groups is 1. The number of amides is 1. The lowest BCUT2D eigenvalue weighted by atomic mass is 10.1. The number of pyridine rings is 1. The number of benzene rings is 1. The SMILES string of the molecule is CCCCCNCCc1cc(F)c(Oc2ccc(C(=O)NC)cn2)c(F)c1. The van der Waals surface area contributed by atoms with Crippen molar-refractivity contribution in [1.82, 2.24) is 15.6 Å². The quantitative estimate of drug-likeness (QED) is 0.618. The first-order chi connectivity index (χ1) is 13.0. The summed E-state index contributed by atoms with van der Waals surface area (Å²) in [6, 6.07) is 5.39. The van der Waals surface area contributed by atoms with Crippen molar-refractivity contribution >= 4 is 5.91 Å². The summed E-state index contributed by atoms with van der Waals surface area (Å²) in [5.41, 5.74) is 0.885. The molecule has 2 aromatic rings. The van der Waals surface area contributed by atoms with E-state index >= 15 is 0 Å². The Morgan fingerprint density at radius 3 is 2.48 bits per heavy atom. The lowest BCUT2D eigenvalue weighted by Gasteiger charge is -2.10. The predicted octanol–water partition coefficient (Wildman–Crippen LogP) is 3.83. The second kappa shape index (κ2) is 10.6. The maximum Gasteiger partial charge on any atom is 0.252 e. The van der Waals surface area contributed by atoms with Gasteiger partial charge in [0.1, 0.15) is 0 Å². The number of carbonyl (C=O) groups excluding carboxylic acids is 1. The summed E-state index contributed by atoms with van der Waals surface area (Å²) in [7, 11) is 1.50. The highest BCUT2D eigenvalue weighted by Gasteiger charge is 2.15. The van der Waals surface area contributed by atoms with Gasteiger partial charge in [-0.15, -0.1) is 0 Å². The van der Waals surface area contributed by atoms with E-state index in [0.29, 0.717) is 24.1 Å². The molecule has 1 aromatic heterocycles. The molecule has 2 rings (SSSR count). The summed E-state index contributed by atoms with van der Waals surface area (Å²) in [6.07, 6.45) is 5.23. The van der Waals surface area contributed by atoms with E-state index in [1.54, 1.807) is 0 Å². The van der Waals surface area contributed by atoms with Gasteiger partial charge in [0.15, 0.2) is 11.6 Å². The van der Waals surface area contributed by atoms with E-state index in [4.69, 9.17) is 4.74 Å². The average Bonchev–Trinajstić information content (AvgIpc) is 2.67. The molecule has 0 fully saturated rings. The molecule has 0 spiro atoms. The fraction of sp³-hybridized carbons (Fsp3) is 0.400. The number of aromatic nitrogens is 1. The lowest BCUT2D eigenvalue weighted by Crippen LogP contribution is -2.18. The van der Waals surface area contributed by atoms with Gasteiger partial charge in [0.05, 0.1) is 5.56 Å². The second-order valence-electron chi connectivity index (χ2n) is 6.16. The van der Waals surface area contributed by atoms with Crippen LogP contribution in [0.2, 0.25) is 0 Å². The normalized spacial score (nSPS) is 10.7. The molecule has 0 aliphatic heterocycles. The Balaban J connectivity index is 1.97. The van der Waals surface area contributed by atoms with Crippen LogP contribution in [-0.2, 0) is 6.42 Å². The maximum absolute atomic E-state index is 14.3. The maximum atomic E-state index is 14.3. The number of hydrogen-bond acceptors (Lipinski definition) is 4. The van der Waals surface area contributed by atoms with Crippen LogP contribution in [0.25, 0.3) is 0 Å². The zero-order chi connectivity index (χ0) is 19.6. The third-order valence-electron chi connectivity index (χ3n) is 4.04. The number of hydrogen-bond donors (Lipinski definition) is 2. The summed E-state index contributed by atoms with van der Waals surface area (Å²) in [6.45, 7) is 3.70. The van der Waals surface area contributed by atoms with Crippen LogP contribution in [0, 0.1) is 11.6 Å². The molecular formula is C20H25F2N3O2. The number of nitrogens with zero attached hydrogens (tertiary/aromatic N) is 1. The lowest BCUT2D eigenvalue weighted by molar-refractivity contribution is 0.0962. The fourth-order valence-electron chi connectivity index (χ4n) is 2.54. The summed E-state index contributed by atoms with van der Waals surface area (Å²) < 4.78 is 33.7. The minimum Gasteiger partial charge on any atom is -0.433 e. The monoisotopic (exact) mass is 377 g/mol. The van der Waals surface area contributed by atoms with Crippen LogP contribution in [0.1, 0.15) is 42.1 Å². The minimum absolute atomic E-state index is 0.00536. The molecule has 5 nitrogen and oxygen atoms in total. The standard InChI is InChI=1S/C20H25F2N3O2/c1-3-4-5-9-24-10-8-14-11-16(21)19(17(22)12-14)27-18-7-6-15(13-25-18)20(26)23-2/h6-7,11-13,24H,3-5,8-10H2,1-2H3,(H,23,26). The zero-order valence-electron chi connectivity index (χ0n) is 15.6. The Morgan fingerprint density at radius 1 is 1.15 bits per heavy atom. The topological polar surface area (TPSA) is 63.2 Å². The van der Waals surface area contributed by atoms with Gasteiger partial charge in [0, 0.05) is 19.3 Å².